The van der Waals surface area contributed by atoms with Crippen LogP contribution in [0.4, 0.5) is 0 Å². The highest BCUT2D eigenvalue weighted by atomic mass is 32.2. The van der Waals surface area contributed by atoms with Crippen LogP contribution in [-0.2, 0) is 4.79 Å². The van der Waals surface area contributed by atoms with Crippen LogP contribution in [0.25, 0.3) is 0 Å². The van der Waals surface area contributed by atoms with Crippen molar-refractivity contribution in [2.75, 3.05) is 31.6 Å². The zero-order valence-electron chi connectivity index (χ0n) is 14.7. The predicted molar refractivity (Wildman–Crippen MR) is 99.5 cm³/mol. The van der Waals surface area contributed by atoms with Gasteiger partial charge in [0.05, 0.1) is 0 Å². The molecular weight excluding hydrogens is 322 g/mol. The van der Waals surface area contributed by atoms with Crippen LogP contribution in [-0.4, -0.2) is 60.4 Å². The fraction of sp³-hybridized carbons (Fsp3) is 0.556. The van der Waals surface area contributed by atoms with E-state index in [0.717, 1.165) is 17.9 Å². The summed E-state index contributed by atoms with van der Waals surface area (Å²) in [4.78, 5) is 27.2. The van der Waals surface area contributed by atoms with Gasteiger partial charge in [-0.2, -0.15) is 11.8 Å². The molecule has 2 N–H and O–H groups in total. The largest absolute Gasteiger partial charge is 0.340 e. The van der Waals surface area contributed by atoms with Gasteiger partial charge in [-0.05, 0) is 44.4 Å². The van der Waals surface area contributed by atoms with Crippen LogP contribution in [0.1, 0.15) is 29.3 Å². The third-order valence-corrected chi connectivity index (χ3v) is 4.82. The molecule has 1 aromatic rings. The van der Waals surface area contributed by atoms with Gasteiger partial charge >= 0.3 is 0 Å². The molecule has 6 heteroatoms. The van der Waals surface area contributed by atoms with Crippen molar-refractivity contribution in [2.45, 2.75) is 32.4 Å². The maximum Gasteiger partial charge on any atom is 0.251 e. The molecule has 0 radical (unpaired) electrons. The van der Waals surface area contributed by atoms with E-state index < -0.39 is 6.04 Å². The number of aryl methyl sites for hydroxylation is 1. The molecule has 1 aliphatic heterocycles. The Labute approximate surface area is 148 Å². The zero-order chi connectivity index (χ0) is 17.5. The highest BCUT2D eigenvalue weighted by Crippen LogP contribution is 2.10. The summed E-state index contributed by atoms with van der Waals surface area (Å²) < 4.78 is 0. The first-order valence-corrected chi connectivity index (χ1v) is 9.79. The molecule has 1 saturated heterocycles. The van der Waals surface area contributed by atoms with Gasteiger partial charge in [0.2, 0.25) is 5.91 Å². The Morgan fingerprint density at radius 3 is 2.92 bits per heavy atom. The van der Waals surface area contributed by atoms with Gasteiger partial charge in [0, 0.05) is 31.2 Å². The van der Waals surface area contributed by atoms with Gasteiger partial charge in [-0.3, -0.25) is 9.59 Å². The number of rotatable bonds is 6. The summed E-state index contributed by atoms with van der Waals surface area (Å²) in [5, 5.41) is 6.28. The molecule has 0 aromatic heterocycles. The van der Waals surface area contributed by atoms with Crippen molar-refractivity contribution in [2.24, 2.45) is 0 Å². The molecule has 5 nitrogen and oxygen atoms in total. The van der Waals surface area contributed by atoms with Crippen molar-refractivity contribution in [3.8, 4) is 0 Å². The minimum absolute atomic E-state index is 0.0263. The number of nitrogens with zero attached hydrogens (tertiary/aromatic N) is 1. The smallest absolute Gasteiger partial charge is 0.251 e. The topological polar surface area (TPSA) is 61.4 Å². The molecule has 2 amide bonds. The first-order chi connectivity index (χ1) is 11.5. The van der Waals surface area contributed by atoms with Crippen LogP contribution >= 0.6 is 11.8 Å². The average molecular weight is 350 g/mol. The van der Waals surface area contributed by atoms with Gasteiger partial charge in [0.25, 0.3) is 5.91 Å². The lowest BCUT2D eigenvalue weighted by atomic mass is 10.1. The van der Waals surface area contributed by atoms with Gasteiger partial charge in [-0.25, -0.2) is 0 Å². The highest BCUT2D eigenvalue weighted by molar-refractivity contribution is 7.98. The van der Waals surface area contributed by atoms with Crippen molar-refractivity contribution >= 4 is 23.6 Å². The van der Waals surface area contributed by atoms with E-state index in [-0.39, 0.29) is 17.9 Å². The number of carbonyl (C=O) groups excluding carboxylic acids is 2. The van der Waals surface area contributed by atoms with Gasteiger partial charge in [-0.1, -0.05) is 17.7 Å². The number of carbonyl (C=O) groups is 2. The summed E-state index contributed by atoms with van der Waals surface area (Å²) in [5.74, 6) is 0.686. The highest BCUT2D eigenvalue weighted by Gasteiger charge is 2.28. The Balaban J connectivity index is 2.06. The molecule has 2 atom stereocenters. The summed E-state index contributed by atoms with van der Waals surface area (Å²) >= 11 is 1.69. The van der Waals surface area contributed by atoms with E-state index in [4.69, 9.17) is 0 Å². The second-order valence-corrected chi connectivity index (χ2v) is 7.30. The Kier molecular flexibility index (Phi) is 7.12. The summed E-state index contributed by atoms with van der Waals surface area (Å²) in [7, 11) is 0. The standard InChI is InChI=1S/C18H27N3O2S/c1-13-5-4-6-15(11-13)17(22)20-16(7-10-24-3)18(23)21-9-8-19-14(2)12-21/h4-6,11,14,16,19H,7-10,12H2,1-3H3,(H,20,22). The summed E-state index contributed by atoms with van der Waals surface area (Å²) in [6.45, 7) is 6.21. The molecule has 2 rings (SSSR count). The lowest BCUT2D eigenvalue weighted by Crippen LogP contribution is -2.56. The normalized spacial score (nSPS) is 19.0. The predicted octanol–water partition coefficient (Wildman–Crippen LogP) is 1.67. The number of hydrogen-bond donors (Lipinski definition) is 2. The molecule has 1 aromatic carbocycles. The van der Waals surface area contributed by atoms with Crippen molar-refractivity contribution in [3.05, 3.63) is 35.4 Å². The second kappa shape index (κ2) is 9.08. The Hall–Kier alpha value is -1.53. The number of nitrogens with one attached hydrogen (secondary N) is 2. The number of hydrogen-bond acceptors (Lipinski definition) is 4. The number of piperazine rings is 1. The Morgan fingerprint density at radius 2 is 2.25 bits per heavy atom. The molecule has 0 aliphatic carbocycles. The number of benzene rings is 1. The van der Waals surface area contributed by atoms with E-state index in [2.05, 4.69) is 17.6 Å². The van der Waals surface area contributed by atoms with E-state index in [1.54, 1.807) is 17.8 Å². The lowest BCUT2D eigenvalue weighted by molar-refractivity contribution is -0.134. The van der Waals surface area contributed by atoms with Gasteiger partial charge < -0.3 is 15.5 Å². The van der Waals surface area contributed by atoms with E-state index in [1.165, 1.54) is 0 Å². The van der Waals surface area contributed by atoms with Gasteiger partial charge in [0.15, 0.2) is 0 Å². The van der Waals surface area contributed by atoms with Crippen molar-refractivity contribution in [3.63, 3.8) is 0 Å². The van der Waals surface area contributed by atoms with E-state index in [9.17, 15) is 9.59 Å². The number of amides is 2. The van der Waals surface area contributed by atoms with Gasteiger partial charge in [0.1, 0.15) is 6.04 Å². The van der Waals surface area contributed by atoms with E-state index >= 15 is 0 Å². The van der Waals surface area contributed by atoms with Gasteiger partial charge in [-0.15, -0.1) is 0 Å². The summed E-state index contributed by atoms with van der Waals surface area (Å²) in [6, 6.07) is 7.27. The zero-order valence-corrected chi connectivity index (χ0v) is 15.5. The first-order valence-electron chi connectivity index (χ1n) is 8.40. The maximum absolute atomic E-state index is 12.9. The average Bonchev–Trinajstić information content (AvgIpc) is 2.57. The molecule has 0 saturated carbocycles. The minimum atomic E-state index is -0.462. The molecule has 1 fully saturated rings. The Morgan fingerprint density at radius 1 is 1.46 bits per heavy atom. The van der Waals surface area contributed by atoms with Crippen molar-refractivity contribution < 1.29 is 9.59 Å². The first kappa shape index (κ1) is 18.8. The monoisotopic (exact) mass is 349 g/mol. The summed E-state index contributed by atoms with van der Waals surface area (Å²) in [5.41, 5.74) is 1.64. The molecule has 0 bridgehead atoms. The minimum Gasteiger partial charge on any atom is -0.340 e. The van der Waals surface area contributed by atoms with Crippen LogP contribution in [0, 0.1) is 6.92 Å². The Bertz CT molecular complexity index is 579. The number of thioether (sulfide) groups is 1. The molecule has 1 heterocycles. The third kappa shape index (κ3) is 5.24. The lowest BCUT2D eigenvalue weighted by Gasteiger charge is -2.34. The molecule has 2 unspecified atom stereocenters. The van der Waals surface area contributed by atoms with Crippen LogP contribution in [0.2, 0.25) is 0 Å². The molecule has 24 heavy (non-hydrogen) atoms. The second-order valence-electron chi connectivity index (χ2n) is 6.32. The quantitative estimate of drug-likeness (QED) is 0.820. The van der Waals surface area contributed by atoms with Crippen molar-refractivity contribution in [1.29, 1.82) is 0 Å². The fourth-order valence-corrected chi connectivity index (χ4v) is 3.35. The van der Waals surface area contributed by atoms with Crippen LogP contribution in [0.5, 0.6) is 0 Å². The third-order valence-electron chi connectivity index (χ3n) is 4.17. The van der Waals surface area contributed by atoms with Crippen LogP contribution in [0.15, 0.2) is 24.3 Å². The molecule has 0 spiro atoms. The van der Waals surface area contributed by atoms with Crippen LogP contribution in [0.3, 0.4) is 0 Å². The summed E-state index contributed by atoms with van der Waals surface area (Å²) in [6.07, 6.45) is 2.66. The SMILES string of the molecule is CSCCC(NC(=O)c1cccc(C)c1)C(=O)N1CCNC(C)C1. The maximum atomic E-state index is 12.9. The van der Waals surface area contributed by atoms with Crippen molar-refractivity contribution in [1.82, 2.24) is 15.5 Å². The molecular formula is C18H27N3O2S. The molecule has 1 aliphatic rings. The van der Waals surface area contributed by atoms with E-state index in [1.807, 2.05) is 36.3 Å². The fourth-order valence-electron chi connectivity index (χ4n) is 2.87. The van der Waals surface area contributed by atoms with E-state index in [0.29, 0.717) is 25.1 Å². The van der Waals surface area contributed by atoms with Crippen LogP contribution < -0.4 is 10.6 Å². The molecule has 132 valence electrons.